The molecule has 1 atom stereocenters. The number of hydrogen-bond donors (Lipinski definition) is 2. The van der Waals surface area contributed by atoms with Crippen LogP contribution in [0.4, 0.5) is 5.69 Å². The van der Waals surface area contributed by atoms with Gasteiger partial charge in [0, 0.05) is 22.4 Å². The highest BCUT2D eigenvalue weighted by Gasteiger charge is 2.27. The first-order valence-corrected chi connectivity index (χ1v) is 10.6. The molecule has 3 aromatic rings. The molecule has 0 saturated heterocycles. The molecule has 2 N–H and O–H groups in total. The average molecular weight is 426 g/mol. The Morgan fingerprint density at radius 1 is 1.00 bits per heavy atom. The van der Waals surface area contributed by atoms with Crippen LogP contribution in [0, 0.1) is 13.8 Å². The van der Waals surface area contributed by atoms with Gasteiger partial charge in [-0.1, -0.05) is 54.6 Å². The van der Waals surface area contributed by atoms with Crippen LogP contribution < -0.4 is 10.1 Å². The number of nitrogens with one attached hydrogen (secondary N) is 1. The van der Waals surface area contributed by atoms with Gasteiger partial charge in [0.15, 0.2) is 0 Å². The van der Waals surface area contributed by atoms with Crippen LogP contribution in [0.3, 0.4) is 0 Å². The van der Waals surface area contributed by atoms with Crippen molar-refractivity contribution in [3.8, 4) is 5.75 Å². The van der Waals surface area contributed by atoms with E-state index >= 15 is 0 Å². The van der Waals surface area contributed by atoms with E-state index in [1.165, 1.54) is 0 Å². The zero-order valence-electron chi connectivity index (χ0n) is 18.8. The van der Waals surface area contributed by atoms with Gasteiger partial charge in [-0.15, -0.1) is 0 Å². The zero-order chi connectivity index (χ0) is 23.0. The van der Waals surface area contributed by atoms with Gasteiger partial charge in [-0.05, 0) is 62.6 Å². The monoisotopic (exact) mass is 425 g/mol. The van der Waals surface area contributed by atoms with Crippen molar-refractivity contribution >= 4 is 23.0 Å². The quantitative estimate of drug-likeness (QED) is 0.461. The first kappa shape index (κ1) is 21.4. The van der Waals surface area contributed by atoms with Crippen molar-refractivity contribution in [1.29, 1.82) is 0 Å². The lowest BCUT2D eigenvalue weighted by molar-refractivity contribution is 0.0697. The molecule has 0 fully saturated rings. The normalized spacial score (nSPS) is 13.9. The molecule has 4 rings (SSSR count). The van der Waals surface area contributed by atoms with Gasteiger partial charge >= 0.3 is 5.97 Å². The number of carbonyl (C=O) groups is 1. The predicted molar refractivity (Wildman–Crippen MR) is 130 cm³/mol. The molecule has 162 valence electrons. The molecule has 0 saturated carbocycles. The maximum absolute atomic E-state index is 11.8. The fourth-order valence-electron chi connectivity index (χ4n) is 4.12. The number of carboxylic acid groups (broad SMARTS) is 1. The summed E-state index contributed by atoms with van der Waals surface area (Å²) in [5.41, 5.74) is 7.69. The fourth-order valence-corrected chi connectivity index (χ4v) is 4.12. The Balaban J connectivity index is 1.77. The first-order valence-electron chi connectivity index (χ1n) is 10.6. The van der Waals surface area contributed by atoms with Gasteiger partial charge in [-0.2, -0.15) is 0 Å². The van der Waals surface area contributed by atoms with E-state index in [2.05, 4.69) is 24.0 Å². The molecule has 4 nitrogen and oxygen atoms in total. The fraction of sp³-hybridized carbons (Fsp3) is 0.179. The third-order valence-corrected chi connectivity index (χ3v) is 5.86. The Labute approximate surface area is 188 Å². The summed E-state index contributed by atoms with van der Waals surface area (Å²) in [6.45, 7) is 12.3. The minimum absolute atomic E-state index is 0.187. The average Bonchev–Trinajstić information content (AvgIpc) is 2.77. The van der Waals surface area contributed by atoms with E-state index < -0.39 is 5.97 Å². The van der Waals surface area contributed by atoms with Crippen LogP contribution in [0.25, 0.3) is 11.3 Å². The van der Waals surface area contributed by atoms with E-state index in [0.717, 1.165) is 50.5 Å². The lowest BCUT2D eigenvalue weighted by Crippen LogP contribution is -2.15. The van der Waals surface area contributed by atoms with Crippen molar-refractivity contribution < 1.29 is 14.6 Å². The number of carboxylic acids is 1. The second-order valence-corrected chi connectivity index (χ2v) is 8.35. The van der Waals surface area contributed by atoms with E-state index in [1.807, 2.05) is 70.2 Å². The van der Waals surface area contributed by atoms with Gasteiger partial charge in [-0.25, -0.2) is 4.79 Å². The Morgan fingerprint density at radius 2 is 1.72 bits per heavy atom. The summed E-state index contributed by atoms with van der Waals surface area (Å²) in [7, 11) is 0. The van der Waals surface area contributed by atoms with Crippen molar-refractivity contribution in [3.63, 3.8) is 0 Å². The van der Waals surface area contributed by atoms with Gasteiger partial charge in [0.05, 0.1) is 11.6 Å². The number of rotatable bonds is 5. The zero-order valence-corrected chi connectivity index (χ0v) is 18.8. The minimum Gasteiger partial charge on any atom is -0.478 e. The van der Waals surface area contributed by atoms with Gasteiger partial charge in [0.2, 0.25) is 0 Å². The van der Waals surface area contributed by atoms with Crippen molar-refractivity contribution in [2.24, 2.45) is 0 Å². The number of fused-ring (bicyclic) bond motifs is 1. The molecule has 0 bridgehead atoms. The molecule has 0 spiro atoms. The van der Waals surface area contributed by atoms with E-state index in [0.29, 0.717) is 5.69 Å². The van der Waals surface area contributed by atoms with Crippen molar-refractivity contribution in [3.05, 3.63) is 106 Å². The predicted octanol–water partition coefficient (Wildman–Crippen LogP) is 7.01. The maximum Gasteiger partial charge on any atom is 0.337 e. The van der Waals surface area contributed by atoms with Crippen molar-refractivity contribution in [2.45, 2.75) is 33.7 Å². The van der Waals surface area contributed by atoms with Gasteiger partial charge in [-0.3, -0.25) is 0 Å². The van der Waals surface area contributed by atoms with E-state index in [4.69, 9.17) is 4.74 Å². The largest absolute Gasteiger partial charge is 0.478 e. The number of ether oxygens (including phenoxy) is 1. The van der Waals surface area contributed by atoms with E-state index in [-0.39, 0.29) is 11.6 Å². The lowest BCUT2D eigenvalue weighted by Gasteiger charge is -2.29. The third-order valence-electron chi connectivity index (χ3n) is 5.86. The number of hydrogen-bond acceptors (Lipinski definition) is 3. The molecule has 1 aliphatic heterocycles. The molecule has 0 radical (unpaired) electrons. The second kappa shape index (κ2) is 8.39. The van der Waals surface area contributed by atoms with Crippen LogP contribution in [-0.4, -0.2) is 11.1 Å². The van der Waals surface area contributed by atoms with E-state index in [1.54, 1.807) is 6.07 Å². The molecule has 0 aromatic heterocycles. The summed E-state index contributed by atoms with van der Waals surface area (Å²) in [6.07, 6.45) is 0. The topological polar surface area (TPSA) is 58.6 Å². The van der Waals surface area contributed by atoms with Crippen LogP contribution in [-0.2, 0) is 0 Å². The maximum atomic E-state index is 11.8. The molecule has 1 aliphatic rings. The highest BCUT2D eigenvalue weighted by Crippen LogP contribution is 2.45. The number of anilines is 1. The Morgan fingerprint density at radius 3 is 2.41 bits per heavy atom. The molecule has 1 unspecified atom stereocenters. The summed E-state index contributed by atoms with van der Waals surface area (Å²) in [6, 6.07) is 19.4. The van der Waals surface area contributed by atoms with Crippen molar-refractivity contribution in [1.82, 2.24) is 0 Å². The molecular formula is C28H27NO3. The molecule has 0 aliphatic carbocycles. The van der Waals surface area contributed by atoms with Crippen LogP contribution in [0.2, 0.25) is 0 Å². The molecule has 4 heteroatoms. The first-order chi connectivity index (χ1) is 15.3. The minimum atomic E-state index is -0.954. The lowest BCUT2D eigenvalue weighted by atomic mass is 9.89. The Bertz CT molecular complexity index is 1260. The number of benzene rings is 3. The van der Waals surface area contributed by atoms with E-state index in [9.17, 15) is 9.90 Å². The summed E-state index contributed by atoms with van der Waals surface area (Å²) >= 11 is 0. The summed E-state index contributed by atoms with van der Waals surface area (Å²) < 4.78 is 6.50. The molecule has 0 amide bonds. The highest BCUT2D eigenvalue weighted by molar-refractivity contribution is 5.95. The van der Waals surface area contributed by atoms with Crippen LogP contribution in [0.1, 0.15) is 58.1 Å². The Kier molecular flexibility index (Phi) is 5.62. The molecule has 1 heterocycles. The second-order valence-electron chi connectivity index (χ2n) is 8.35. The Hall–Kier alpha value is -3.79. The highest BCUT2D eigenvalue weighted by atomic mass is 16.5. The van der Waals surface area contributed by atoms with Gasteiger partial charge < -0.3 is 15.2 Å². The van der Waals surface area contributed by atoms with Crippen molar-refractivity contribution in [2.75, 3.05) is 5.32 Å². The number of allylic oxidation sites excluding steroid dienone is 2. The third kappa shape index (κ3) is 3.92. The van der Waals surface area contributed by atoms with Gasteiger partial charge in [0.25, 0.3) is 0 Å². The number of aryl methyl sites for hydroxylation is 2. The summed E-state index contributed by atoms with van der Waals surface area (Å²) in [5, 5.41) is 13.0. The van der Waals surface area contributed by atoms with Crippen LogP contribution in [0.15, 0.2) is 72.8 Å². The standard InChI is InChI=1S/C28H27NO3/c1-16-11-12-25(24(13-16)28(30)31)29-20(5)23-15-17(2)14-22-18(3)19(4)26(32-27(22)23)21-9-7-6-8-10-21/h6-15,20,29H,3H2,1-2,4-5H3,(H,30,31). The summed E-state index contributed by atoms with van der Waals surface area (Å²) in [4.78, 5) is 11.8. The smallest absolute Gasteiger partial charge is 0.337 e. The molecule has 3 aromatic carbocycles. The van der Waals surface area contributed by atoms with Crippen LogP contribution in [0.5, 0.6) is 5.75 Å². The summed E-state index contributed by atoms with van der Waals surface area (Å²) in [5.74, 6) is 0.597. The molecular weight excluding hydrogens is 398 g/mol. The number of aromatic carboxylic acids is 1. The SMILES string of the molecule is C=C1C(C)=C(c2ccccc2)Oc2c1cc(C)cc2C(C)Nc1ccc(C)cc1C(=O)O. The van der Waals surface area contributed by atoms with Crippen LogP contribution >= 0.6 is 0 Å². The van der Waals surface area contributed by atoms with Gasteiger partial charge in [0.1, 0.15) is 11.5 Å². The molecule has 32 heavy (non-hydrogen) atoms.